The third-order valence-corrected chi connectivity index (χ3v) is 3.47. The maximum atomic E-state index is 11.5. The normalized spacial score (nSPS) is 20.1. The van der Waals surface area contributed by atoms with Crippen molar-refractivity contribution in [3.63, 3.8) is 0 Å². The number of aryl methyl sites for hydroxylation is 1. The number of hydrogen-bond acceptors (Lipinski definition) is 5. The van der Waals surface area contributed by atoms with E-state index in [1.807, 2.05) is 18.7 Å². The summed E-state index contributed by atoms with van der Waals surface area (Å²) >= 11 is 1.55. The number of rotatable bonds is 3. The summed E-state index contributed by atoms with van der Waals surface area (Å²) in [6.07, 6.45) is 1.58. The van der Waals surface area contributed by atoms with Gasteiger partial charge >= 0.3 is 0 Å². The first kappa shape index (κ1) is 11.3. The number of carbonyl (C=O) groups excluding carboxylic acids is 1. The highest BCUT2D eigenvalue weighted by Crippen LogP contribution is 2.19. The number of nitrogens with zero attached hydrogens (tertiary/aromatic N) is 3. The van der Waals surface area contributed by atoms with Gasteiger partial charge in [-0.15, -0.1) is 10.2 Å². The van der Waals surface area contributed by atoms with Crippen LogP contribution >= 0.6 is 11.3 Å². The van der Waals surface area contributed by atoms with Crippen LogP contribution in [0.5, 0.6) is 0 Å². The average molecular weight is 240 g/mol. The molecule has 1 aliphatic heterocycles. The van der Waals surface area contributed by atoms with E-state index in [9.17, 15) is 4.79 Å². The summed E-state index contributed by atoms with van der Waals surface area (Å²) in [6.45, 7) is 5.47. The van der Waals surface area contributed by atoms with Crippen LogP contribution in [-0.2, 0) is 4.79 Å². The Morgan fingerprint density at radius 3 is 3.06 bits per heavy atom. The molecule has 0 radical (unpaired) electrons. The molecule has 2 heterocycles. The molecule has 1 amide bonds. The van der Waals surface area contributed by atoms with Crippen molar-refractivity contribution in [2.75, 3.05) is 18.4 Å². The molecular formula is C10H16N4OS. The van der Waals surface area contributed by atoms with Crippen LogP contribution in [0.25, 0.3) is 0 Å². The van der Waals surface area contributed by atoms with Crippen molar-refractivity contribution < 1.29 is 4.79 Å². The minimum absolute atomic E-state index is 0.234. The third kappa shape index (κ3) is 2.49. The summed E-state index contributed by atoms with van der Waals surface area (Å²) < 4.78 is 0. The van der Waals surface area contributed by atoms with Crippen molar-refractivity contribution in [2.24, 2.45) is 0 Å². The van der Waals surface area contributed by atoms with E-state index in [1.54, 1.807) is 11.3 Å². The summed E-state index contributed by atoms with van der Waals surface area (Å²) in [5, 5.41) is 13.1. The number of aromatic nitrogens is 2. The molecule has 0 aliphatic carbocycles. The molecule has 0 spiro atoms. The monoisotopic (exact) mass is 240 g/mol. The Hall–Kier alpha value is -1.17. The lowest BCUT2D eigenvalue weighted by molar-refractivity contribution is -0.129. The van der Waals surface area contributed by atoms with E-state index < -0.39 is 0 Å². The van der Waals surface area contributed by atoms with Gasteiger partial charge in [0.15, 0.2) is 0 Å². The molecule has 5 nitrogen and oxygen atoms in total. The van der Waals surface area contributed by atoms with Gasteiger partial charge in [0.25, 0.3) is 0 Å². The first-order chi connectivity index (χ1) is 7.69. The standard InChI is InChI=1S/C10H16N4OS/c1-3-9(15)14-5-4-8(6-14)11-10-13-12-7(2)16-10/h8H,3-6H2,1-2H3,(H,11,13). The summed E-state index contributed by atoms with van der Waals surface area (Å²) in [5.74, 6) is 0.234. The van der Waals surface area contributed by atoms with Gasteiger partial charge in [-0.2, -0.15) is 0 Å². The Labute approximate surface area is 98.9 Å². The first-order valence-electron chi connectivity index (χ1n) is 5.53. The maximum Gasteiger partial charge on any atom is 0.222 e. The van der Waals surface area contributed by atoms with Crippen LogP contribution in [-0.4, -0.2) is 40.1 Å². The van der Waals surface area contributed by atoms with Gasteiger partial charge in [-0.3, -0.25) is 4.79 Å². The van der Waals surface area contributed by atoms with E-state index in [2.05, 4.69) is 15.5 Å². The SMILES string of the molecule is CCC(=O)N1CCC(Nc2nnc(C)s2)C1. The minimum atomic E-state index is 0.234. The van der Waals surface area contributed by atoms with Gasteiger partial charge in [0.2, 0.25) is 11.0 Å². The van der Waals surface area contributed by atoms with Gasteiger partial charge in [0.1, 0.15) is 5.01 Å². The molecule has 16 heavy (non-hydrogen) atoms. The highest BCUT2D eigenvalue weighted by molar-refractivity contribution is 7.15. The maximum absolute atomic E-state index is 11.5. The molecule has 1 atom stereocenters. The van der Waals surface area contributed by atoms with Crippen molar-refractivity contribution in [1.29, 1.82) is 0 Å². The predicted molar refractivity (Wildman–Crippen MR) is 63.5 cm³/mol. The second kappa shape index (κ2) is 4.78. The van der Waals surface area contributed by atoms with Gasteiger partial charge in [-0.25, -0.2) is 0 Å². The number of carbonyl (C=O) groups is 1. The summed E-state index contributed by atoms with van der Waals surface area (Å²) in [7, 11) is 0. The van der Waals surface area contributed by atoms with Gasteiger partial charge in [0, 0.05) is 25.6 Å². The first-order valence-corrected chi connectivity index (χ1v) is 6.35. The van der Waals surface area contributed by atoms with Gasteiger partial charge in [-0.1, -0.05) is 18.3 Å². The molecule has 1 unspecified atom stereocenters. The number of nitrogens with one attached hydrogen (secondary N) is 1. The summed E-state index contributed by atoms with van der Waals surface area (Å²) in [6, 6.07) is 0.322. The Kier molecular flexibility index (Phi) is 3.38. The Morgan fingerprint density at radius 2 is 2.44 bits per heavy atom. The number of hydrogen-bond donors (Lipinski definition) is 1. The molecule has 6 heteroatoms. The molecule has 1 N–H and O–H groups in total. The van der Waals surface area contributed by atoms with E-state index in [0.717, 1.165) is 29.6 Å². The average Bonchev–Trinajstić information content (AvgIpc) is 2.87. The van der Waals surface area contributed by atoms with E-state index in [-0.39, 0.29) is 5.91 Å². The topological polar surface area (TPSA) is 58.1 Å². The van der Waals surface area contributed by atoms with Crippen LogP contribution in [0.4, 0.5) is 5.13 Å². The van der Waals surface area contributed by atoms with Crippen LogP contribution in [0.1, 0.15) is 24.8 Å². The van der Waals surface area contributed by atoms with E-state index in [0.29, 0.717) is 12.5 Å². The van der Waals surface area contributed by atoms with Crippen molar-refractivity contribution in [3.05, 3.63) is 5.01 Å². The fourth-order valence-corrected chi connectivity index (χ4v) is 2.53. The molecular weight excluding hydrogens is 224 g/mol. The smallest absolute Gasteiger partial charge is 0.222 e. The van der Waals surface area contributed by atoms with Crippen LogP contribution < -0.4 is 5.32 Å². The quantitative estimate of drug-likeness (QED) is 0.864. The Bertz CT molecular complexity index is 379. The van der Waals surface area contributed by atoms with Gasteiger partial charge in [0.05, 0.1) is 0 Å². The molecule has 0 saturated carbocycles. The fraction of sp³-hybridized carbons (Fsp3) is 0.700. The molecule has 1 saturated heterocycles. The van der Waals surface area contributed by atoms with Crippen LogP contribution in [0.15, 0.2) is 0 Å². The van der Waals surface area contributed by atoms with Crippen molar-refractivity contribution in [1.82, 2.24) is 15.1 Å². The lowest BCUT2D eigenvalue weighted by Crippen LogP contribution is -2.30. The zero-order chi connectivity index (χ0) is 11.5. The lowest BCUT2D eigenvalue weighted by atomic mass is 10.3. The van der Waals surface area contributed by atoms with E-state index >= 15 is 0 Å². The molecule has 1 aromatic heterocycles. The molecule has 1 fully saturated rings. The molecule has 0 bridgehead atoms. The van der Waals surface area contributed by atoms with Gasteiger partial charge in [-0.05, 0) is 13.3 Å². The van der Waals surface area contributed by atoms with Crippen LogP contribution in [0.2, 0.25) is 0 Å². The summed E-state index contributed by atoms with van der Waals surface area (Å²) in [5.41, 5.74) is 0. The molecule has 1 aromatic rings. The summed E-state index contributed by atoms with van der Waals surface area (Å²) in [4.78, 5) is 13.4. The van der Waals surface area contributed by atoms with Crippen molar-refractivity contribution in [3.8, 4) is 0 Å². The second-order valence-corrected chi connectivity index (χ2v) is 5.13. The fourth-order valence-electron chi connectivity index (χ4n) is 1.86. The highest BCUT2D eigenvalue weighted by atomic mass is 32.1. The minimum Gasteiger partial charge on any atom is -0.355 e. The molecule has 88 valence electrons. The lowest BCUT2D eigenvalue weighted by Gasteiger charge is -2.15. The predicted octanol–water partition coefficient (Wildman–Crippen LogP) is 1.27. The van der Waals surface area contributed by atoms with Crippen molar-refractivity contribution in [2.45, 2.75) is 32.7 Å². The number of anilines is 1. The Morgan fingerprint density at radius 1 is 1.62 bits per heavy atom. The third-order valence-electron chi connectivity index (χ3n) is 2.70. The van der Waals surface area contributed by atoms with Crippen LogP contribution in [0, 0.1) is 6.92 Å². The number of likely N-dealkylation sites (tertiary alicyclic amines) is 1. The molecule has 0 aromatic carbocycles. The second-order valence-electron chi connectivity index (χ2n) is 3.95. The molecule has 2 rings (SSSR count). The van der Waals surface area contributed by atoms with Gasteiger partial charge < -0.3 is 10.2 Å². The Balaban J connectivity index is 1.87. The highest BCUT2D eigenvalue weighted by Gasteiger charge is 2.25. The zero-order valence-corrected chi connectivity index (χ0v) is 10.4. The zero-order valence-electron chi connectivity index (χ0n) is 9.56. The van der Waals surface area contributed by atoms with Crippen molar-refractivity contribution >= 4 is 22.4 Å². The van der Waals surface area contributed by atoms with E-state index in [4.69, 9.17) is 0 Å². The largest absolute Gasteiger partial charge is 0.355 e. The number of amides is 1. The van der Waals surface area contributed by atoms with Crippen LogP contribution in [0.3, 0.4) is 0 Å². The van der Waals surface area contributed by atoms with E-state index in [1.165, 1.54) is 0 Å². The molecule has 1 aliphatic rings.